The molecule has 0 atom stereocenters. The number of sulfonamides is 1. The lowest BCUT2D eigenvalue weighted by Crippen LogP contribution is -2.41. The molecule has 0 heterocycles. The molecule has 0 aromatic heterocycles. The highest BCUT2D eigenvalue weighted by Crippen LogP contribution is 2.12. The lowest BCUT2D eigenvalue weighted by atomic mass is 10.1. The zero-order valence-electron chi connectivity index (χ0n) is 10.8. The summed E-state index contributed by atoms with van der Waals surface area (Å²) < 4.78 is 57.5. The van der Waals surface area contributed by atoms with E-state index in [1.54, 1.807) is 5.32 Å². The lowest BCUT2D eigenvalue weighted by Gasteiger charge is -2.09. The first-order chi connectivity index (χ1) is 9.58. The van der Waals surface area contributed by atoms with Gasteiger partial charge in [-0.15, -0.1) is 0 Å². The van der Waals surface area contributed by atoms with Crippen LogP contribution in [0, 0.1) is 0 Å². The summed E-state index contributed by atoms with van der Waals surface area (Å²) in [7, 11) is -3.76. The van der Waals surface area contributed by atoms with Gasteiger partial charge in [-0.1, -0.05) is 12.1 Å². The number of urea groups is 1. The van der Waals surface area contributed by atoms with Crippen molar-refractivity contribution in [2.24, 2.45) is 5.14 Å². The minimum atomic E-state index is -4.46. The highest BCUT2D eigenvalue weighted by molar-refractivity contribution is 7.89. The molecule has 2 amide bonds. The molecule has 1 aromatic rings. The van der Waals surface area contributed by atoms with Crippen molar-refractivity contribution in [1.82, 2.24) is 10.6 Å². The number of benzene rings is 1. The molecule has 0 aliphatic carbocycles. The van der Waals surface area contributed by atoms with Crippen molar-refractivity contribution in [2.45, 2.75) is 17.5 Å². The first-order valence-electron chi connectivity index (χ1n) is 5.78. The third kappa shape index (κ3) is 6.95. The van der Waals surface area contributed by atoms with Crippen LogP contribution in [0.1, 0.15) is 5.56 Å². The van der Waals surface area contributed by atoms with Crippen molar-refractivity contribution in [3.8, 4) is 0 Å². The van der Waals surface area contributed by atoms with Crippen LogP contribution >= 0.6 is 0 Å². The van der Waals surface area contributed by atoms with Crippen molar-refractivity contribution in [3.63, 3.8) is 0 Å². The molecule has 0 aliphatic heterocycles. The standard InChI is InChI=1S/C11H14F3N3O3S/c12-11(13,14)7-17-10(18)16-6-5-8-1-3-9(4-2-8)21(15,19)20/h1-4H,5-7H2,(H2,15,19,20)(H2,16,17,18). The van der Waals surface area contributed by atoms with E-state index in [2.05, 4.69) is 5.32 Å². The van der Waals surface area contributed by atoms with Gasteiger partial charge < -0.3 is 10.6 Å². The van der Waals surface area contributed by atoms with E-state index in [1.165, 1.54) is 24.3 Å². The molecule has 10 heteroatoms. The van der Waals surface area contributed by atoms with Crippen molar-refractivity contribution in [2.75, 3.05) is 13.1 Å². The normalized spacial score (nSPS) is 12.0. The summed E-state index contributed by atoms with van der Waals surface area (Å²) in [5, 5.41) is 8.85. The van der Waals surface area contributed by atoms with E-state index in [4.69, 9.17) is 5.14 Å². The zero-order chi connectivity index (χ0) is 16.1. The Morgan fingerprint density at radius 3 is 2.19 bits per heavy atom. The van der Waals surface area contributed by atoms with Gasteiger partial charge in [-0.3, -0.25) is 0 Å². The fraction of sp³-hybridized carbons (Fsp3) is 0.364. The van der Waals surface area contributed by atoms with Crippen molar-refractivity contribution >= 4 is 16.1 Å². The Labute approximate surface area is 119 Å². The fourth-order valence-corrected chi connectivity index (χ4v) is 1.92. The van der Waals surface area contributed by atoms with Crippen LogP contribution in [-0.4, -0.2) is 33.7 Å². The van der Waals surface area contributed by atoms with E-state index in [1.807, 2.05) is 0 Å². The second-order valence-corrected chi connectivity index (χ2v) is 5.73. The van der Waals surface area contributed by atoms with Crippen LogP contribution in [0.25, 0.3) is 0 Å². The Morgan fingerprint density at radius 2 is 1.71 bits per heavy atom. The molecule has 118 valence electrons. The number of halogens is 3. The van der Waals surface area contributed by atoms with Crippen molar-refractivity contribution in [1.29, 1.82) is 0 Å². The molecule has 21 heavy (non-hydrogen) atoms. The number of rotatable bonds is 5. The number of hydrogen-bond acceptors (Lipinski definition) is 3. The third-order valence-electron chi connectivity index (χ3n) is 2.40. The van der Waals surface area contributed by atoms with E-state index < -0.39 is 28.8 Å². The summed E-state index contributed by atoms with van der Waals surface area (Å²) in [6, 6.07) is 4.72. The molecule has 0 fully saturated rings. The van der Waals surface area contributed by atoms with Gasteiger partial charge in [0.05, 0.1) is 4.90 Å². The number of alkyl halides is 3. The van der Waals surface area contributed by atoms with Gasteiger partial charge in [0.2, 0.25) is 10.0 Å². The number of amides is 2. The predicted octanol–water partition coefficient (Wildman–Crippen LogP) is 0.738. The van der Waals surface area contributed by atoms with Gasteiger partial charge in [0, 0.05) is 6.54 Å². The van der Waals surface area contributed by atoms with Crippen molar-refractivity contribution in [3.05, 3.63) is 29.8 Å². The van der Waals surface area contributed by atoms with Crippen LogP contribution in [-0.2, 0) is 16.4 Å². The van der Waals surface area contributed by atoms with Crippen LogP contribution < -0.4 is 15.8 Å². The Hall–Kier alpha value is -1.81. The molecular formula is C11H14F3N3O3S. The Bertz CT molecular complexity index is 585. The Morgan fingerprint density at radius 1 is 1.14 bits per heavy atom. The van der Waals surface area contributed by atoms with E-state index in [-0.39, 0.29) is 11.4 Å². The molecular weight excluding hydrogens is 311 g/mol. The van der Waals surface area contributed by atoms with E-state index in [0.29, 0.717) is 12.0 Å². The monoisotopic (exact) mass is 325 g/mol. The summed E-state index contributed by atoms with van der Waals surface area (Å²) >= 11 is 0. The molecule has 0 aliphatic rings. The third-order valence-corrected chi connectivity index (χ3v) is 3.33. The molecule has 0 saturated heterocycles. The Kier molecular flexibility index (Phi) is 5.55. The lowest BCUT2D eigenvalue weighted by molar-refractivity contribution is -0.122. The minimum absolute atomic E-state index is 0.0397. The maximum atomic E-state index is 11.8. The maximum absolute atomic E-state index is 11.8. The molecule has 0 unspecified atom stereocenters. The molecule has 0 saturated carbocycles. The van der Waals surface area contributed by atoms with Crippen LogP contribution in [0.2, 0.25) is 0 Å². The molecule has 1 rings (SSSR count). The van der Waals surface area contributed by atoms with Crippen molar-refractivity contribution < 1.29 is 26.4 Å². The van der Waals surface area contributed by atoms with Gasteiger partial charge in [-0.25, -0.2) is 18.4 Å². The number of carbonyl (C=O) groups excluding carboxylic acids is 1. The molecule has 0 bridgehead atoms. The van der Waals surface area contributed by atoms with Crippen LogP contribution in [0.15, 0.2) is 29.2 Å². The quantitative estimate of drug-likeness (QED) is 0.744. The topological polar surface area (TPSA) is 101 Å². The van der Waals surface area contributed by atoms with E-state index >= 15 is 0 Å². The van der Waals surface area contributed by atoms with Gasteiger partial charge >= 0.3 is 12.2 Å². The summed E-state index contributed by atoms with van der Waals surface area (Å²) in [6.45, 7) is -1.29. The number of primary sulfonamides is 1. The summed E-state index contributed by atoms with van der Waals surface area (Å²) in [5.41, 5.74) is 0.707. The molecule has 0 radical (unpaired) electrons. The van der Waals surface area contributed by atoms with Crippen LogP contribution in [0.4, 0.5) is 18.0 Å². The number of nitrogens with two attached hydrogens (primary N) is 1. The molecule has 6 nitrogen and oxygen atoms in total. The zero-order valence-corrected chi connectivity index (χ0v) is 11.6. The first-order valence-corrected chi connectivity index (χ1v) is 7.33. The van der Waals surface area contributed by atoms with Gasteiger partial charge in [-0.05, 0) is 24.1 Å². The maximum Gasteiger partial charge on any atom is 0.405 e. The largest absolute Gasteiger partial charge is 0.405 e. The van der Waals surface area contributed by atoms with Gasteiger partial charge in [0.15, 0.2) is 0 Å². The number of hydrogen-bond donors (Lipinski definition) is 3. The molecule has 1 aromatic carbocycles. The average molecular weight is 325 g/mol. The summed E-state index contributed by atoms with van der Waals surface area (Å²) in [4.78, 5) is 11.0. The smallest absolute Gasteiger partial charge is 0.338 e. The van der Waals surface area contributed by atoms with Gasteiger partial charge in [-0.2, -0.15) is 13.2 Å². The summed E-state index contributed by atoms with van der Waals surface area (Å²) in [6.07, 6.45) is -4.12. The average Bonchev–Trinajstić information content (AvgIpc) is 2.35. The van der Waals surface area contributed by atoms with Crippen LogP contribution in [0.3, 0.4) is 0 Å². The second kappa shape index (κ2) is 6.76. The molecule has 4 N–H and O–H groups in total. The SMILES string of the molecule is NS(=O)(=O)c1ccc(CCNC(=O)NCC(F)(F)F)cc1. The first kappa shape index (κ1) is 17.2. The predicted molar refractivity (Wildman–Crippen MR) is 69.0 cm³/mol. The molecule has 0 spiro atoms. The summed E-state index contributed by atoms with van der Waals surface area (Å²) in [5.74, 6) is 0. The van der Waals surface area contributed by atoms with Gasteiger partial charge in [0.1, 0.15) is 6.54 Å². The minimum Gasteiger partial charge on any atom is -0.338 e. The van der Waals surface area contributed by atoms with Crippen LogP contribution in [0.5, 0.6) is 0 Å². The Balaban J connectivity index is 2.38. The highest BCUT2D eigenvalue weighted by atomic mass is 32.2. The number of carbonyl (C=O) groups is 1. The highest BCUT2D eigenvalue weighted by Gasteiger charge is 2.27. The fourth-order valence-electron chi connectivity index (χ4n) is 1.41. The number of nitrogens with one attached hydrogen (secondary N) is 2. The van der Waals surface area contributed by atoms with E-state index in [9.17, 15) is 26.4 Å². The van der Waals surface area contributed by atoms with E-state index in [0.717, 1.165) is 0 Å². The van der Waals surface area contributed by atoms with Gasteiger partial charge in [0.25, 0.3) is 0 Å². The second-order valence-electron chi connectivity index (χ2n) is 4.16.